The first-order chi connectivity index (χ1) is 25.0. The van der Waals surface area contributed by atoms with E-state index >= 15 is 0 Å². The number of ether oxygens (including phenoxy) is 8. The molecule has 3 fully saturated rings. The lowest BCUT2D eigenvalue weighted by molar-refractivity contribution is -0.319. The smallest absolute Gasteiger partial charge is 0.311 e. The number of rotatable bonds is 9. The standard InChI is InChI=1S/C40H76N2O12/c1-17-29-40(10,46)35(47-14)26(6)42(13)21-22(2)19-39(9,49-16)34(54-37-31(43)28(41(11)12)18-23(3)50-37)24(4)32(25(5)36(45)52-29)53-30-20-38(8,48-15)33(44)27(7)51-30/h22-35,37,43-44,46H,17-21H2,1-16H3/t22-,23-,24+,25-,26-,27-,28-,29-,30+,31-,32+,33+,34-,35-,37+,38-,39-,40-/m1/s1. The van der Waals surface area contributed by atoms with Crippen LogP contribution in [0, 0.1) is 17.8 Å². The van der Waals surface area contributed by atoms with Crippen molar-refractivity contribution in [3.05, 3.63) is 0 Å². The lowest BCUT2D eigenvalue weighted by atomic mass is 9.77. The number of hydrogen-bond donors (Lipinski definition) is 3. The third-order valence-electron chi connectivity index (χ3n) is 12.9. The monoisotopic (exact) mass is 777 g/mol. The van der Waals surface area contributed by atoms with Gasteiger partial charge in [-0.05, 0) is 94.8 Å². The van der Waals surface area contributed by atoms with Crippen LogP contribution in [0.3, 0.4) is 0 Å². The van der Waals surface area contributed by atoms with Crippen LogP contribution >= 0.6 is 0 Å². The molecule has 14 heteroatoms. The number of methoxy groups -OCH3 is 3. The number of likely N-dealkylation sites (N-methyl/N-ethyl adjacent to an activating group) is 2. The highest BCUT2D eigenvalue weighted by atomic mass is 16.7. The van der Waals surface area contributed by atoms with Crippen molar-refractivity contribution in [2.24, 2.45) is 17.8 Å². The third-order valence-corrected chi connectivity index (χ3v) is 12.9. The molecule has 14 nitrogen and oxygen atoms in total. The van der Waals surface area contributed by atoms with Crippen LogP contribution in [0.15, 0.2) is 0 Å². The summed E-state index contributed by atoms with van der Waals surface area (Å²) in [6, 6.07) is -0.479. The number of cyclic esters (lactones) is 1. The summed E-state index contributed by atoms with van der Waals surface area (Å²) in [5, 5.41) is 34.8. The Labute approximate surface area is 325 Å². The normalized spacial score (nSPS) is 48.2. The first-order valence-electron chi connectivity index (χ1n) is 19.9. The van der Waals surface area contributed by atoms with Gasteiger partial charge in [0, 0.05) is 52.3 Å². The van der Waals surface area contributed by atoms with E-state index in [-0.39, 0.29) is 30.5 Å². The topological polar surface area (TPSA) is 158 Å². The Bertz CT molecular complexity index is 1180. The van der Waals surface area contributed by atoms with E-state index in [1.807, 2.05) is 67.6 Å². The number of hydrogen-bond acceptors (Lipinski definition) is 14. The molecule has 0 unspecified atom stereocenters. The Morgan fingerprint density at radius 2 is 1.52 bits per heavy atom. The summed E-state index contributed by atoms with van der Waals surface area (Å²) >= 11 is 0. The van der Waals surface area contributed by atoms with E-state index in [2.05, 4.69) is 11.8 Å². The van der Waals surface area contributed by atoms with Crippen molar-refractivity contribution in [1.82, 2.24) is 9.80 Å². The summed E-state index contributed by atoms with van der Waals surface area (Å²) in [5.41, 5.74) is -3.51. The van der Waals surface area contributed by atoms with Gasteiger partial charge in [-0.15, -0.1) is 0 Å². The molecule has 0 spiro atoms. The molecule has 0 aromatic carbocycles. The van der Waals surface area contributed by atoms with Crippen LogP contribution in [0.2, 0.25) is 0 Å². The average Bonchev–Trinajstić information content (AvgIpc) is 3.10. The number of nitrogens with zero attached hydrogens (tertiary/aromatic N) is 2. The van der Waals surface area contributed by atoms with Crippen LogP contribution in [-0.2, 0) is 42.7 Å². The first kappa shape index (κ1) is 47.4. The van der Waals surface area contributed by atoms with Gasteiger partial charge in [0.25, 0.3) is 0 Å². The van der Waals surface area contributed by atoms with Gasteiger partial charge in [0.15, 0.2) is 12.6 Å². The number of aliphatic hydroxyl groups excluding tert-OH is 2. The summed E-state index contributed by atoms with van der Waals surface area (Å²) in [4.78, 5) is 18.6. The zero-order chi connectivity index (χ0) is 41.1. The summed E-state index contributed by atoms with van der Waals surface area (Å²) in [7, 11) is 10.6. The molecule has 0 aromatic rings. The number of carbonyl (C=O) groups excluding carboxylic acids is 1. The van der Waals surface area contributed by atoms with E-state index in [0.717, 1.165) is 0 Å². The zero-order valence-corrected chi connectivity index (χ0v) is 36.1. The molecule has 318 valence electrons. The van der Waals surface area contributed by atoms with Crippen LogP contribution in [-0.4, -0.2) is 170 Å². The van der Waals surface area contributed by atoms with Crippen molar-refractivity contribution >= 4 is 5.97 Å². The molecule has 3 N–H and O–H groups in total. The quantitative estimate of drug-likeness (QED) is 0.293. The minimum Gasteiger partial charge on any atom is -0.459 e. The molecule has 0 amide bonds. The molecule has 3 heterocycles. The maximum atomic E-state index is 14.4. The van der Waals surface area contributed by atoms with Crippen LogP contribution < -0.4 is 0 Å². The molecule has 0 radical (unpaired) electrons. The predicted molar refractivity (Wildman–Crippen MR) is 204 cm³/mol. The van der Waals surface area contributed by atoms with Crippen molar-refractivity contribution in [1.29, 1.82) is 0 Å². The van der Waals surface area contributed by atoms with Gasteiger partial charge in [-0.3, -0.25) is 4.79 Å². The Morgan fingerprint density at radius 1 is 0.907 bits per heavy atom. The fourth-order valence-corrected chi connectivity index (χ4v) is 9.33. The van der Waals surface area contributed by atoms with Crippen molar-refractivity contribution in [2.45, 2.75) is 185 Å². The van der Waals surface area contributed by atoms with Gasteiger partial charge in [0.2, 0.25) is 0 Å². The van der Waals surface area contributed by atoms with E-state index in [0.29, 0.717) is 25.8 Å². The lowest BCUT2D eigenvalue weighted by Crippen LogP contribution is -2.61. The van der Waals surface area contributed by atoms with Crippen LogP contribution in [0.25, 0.3) is 0 Å². The fourth-order valence-electron chi connectivity index (χ4n) is 9.33. The molecule has 0 aromatic heterocycles. The van der Waals surface area contributed by atoms with Gasteiger partial charge >= 0.3 is 5.97 Å². The Hall–Kier alpha value is -1.01. The Morgan fingerprint density at radius 3 is 2.06 bits per heavy atom. The number of esters is 1. The van der Waals surface area contributed by atoms with E-state index in [1.54, 1.807) is 42.1 Å². The van der Waals surface area contributed by atoms with Gasteiger partial charge in [-0.25, -0.2) is 0 Å². The molecule has 54 heavy (non-hydrogen) atoms. The highest BCUT2D eigenvalue weighted by Crippen LogP contribution is 2.41. The maximum Gasteiger partial charge on any atom is 0.311 e. The summed E-state index contributed by atoms with van der Waals surface area (Å²) in [6.45, 7) is 19.5. The zero-order valence-electron chi connectivity index (χ0n) is 36.1. The molecule has 3 saturated heterocycles. The molecule has 0 bridgehead atoms. The fraction of sp³-hybridized carbons (Fsp3) is 0.975. The molecule has 18 atom stereocenters. The summed E-state index contributed by atoms with van der Waals surface area (Å²) < 4.78 is 50.8. The first-order valence-corrected chi connectivity index (χ1v) is 19.9. The largest absolute Gasteiger partial charge is 0.459 e. The second kappa shape index (κ2) is 19.2. The van der Waals surface area contributed by atoms with E-state index in [9.17, 15) is 20.1 Å². The molecule has 3 aliphatic heterocycles. The lowest BCUT2D eigenvalue weighted by Gasteiger charge is -2.49. The van der Waals surface area contributed by atoms with Crippen LogP contribution in [0.1, 0.15) is 94.9 Å². The summed E-state index contributed by atoms with van der Waals surface area (Å²) in [6.07, 6.45) is -6.24. The summed E-state index contributed by atoms with van der Waals surface area (Å²) in [5.74, 6) is -2.04. The van der Waals surface area contributed by atoms with Gasteiger partial charge in [0.1, 0.15) is 30.0 Å². The highest BCUT2D eigenvalue weighted by molar-refractivity contribution is 5.73. The van der Waals surface area contributed by atoms with E-state index in [1.165, 1.54) is 0 Å². The van der Waals surface area contributed by atoms with Crippen LogP contribution in [0.4, 0.5) is 0 Å². The third kappa shape index (κ3) is 10.3. The van der Waals surface area contributed by atoms with Crippen molar-refractivity contribution in [2.75, 3.05) is 49.0 Å². The number of aliphatic hydroxyl groups is 3. The van der Waals surface area contributed by atoms with E-state index < -0.39 is 89.9 Å². The predicted octanol–water partition coefficient (Wildman–Crippen LogP) is 3.21. The van der Waals surface area contributed by atoms with Crippen LogP contribution in [0.5, 0.6) is 0 Å². The second-order valence-electron chi connectivity index (χ2n) is 17.5. The van der Waals surface area contributed by atoms with Gasteiger partial charge in [0.05, 0.1) is 41.5 Å². The molecular weight excluding hydrogens is 700 g/mol. The average molecular weight is 777 g/mol. The minimum absolute atomic E-state index is 0.0435. The molecule has 3 rings (SSSR count). The molecule has 0 saturated carbocycles. The van der Waals surface area contributed by atoms with Gasteiger partial charge < -0.3 is 63.0 Å². The highest BCUT2D eigenvalue weighted by Gasteiger charge is 2.53. The Balaban J connectivity index is 2.23. The van der Waals surface area contributed by atoms with Gasteiger partial charge in [-0.1, -0.05) is 20.8 Å². The maximum absolute atomic E-state index is 14.4. The SMILES string of the molecule is CC[C@H]1OC(=O)[C@H](C)[C@@H](O[C@H]2C[C@@](C)(OC)[C@@H](O)[C@@H](C)O2)[C@H](C)[C@@H](O[C@@H]2O[C@H](C)C[C@@H](N(C)C)[C@H]2O)[C@](C)(OC)C[C@@H](C)CN(C)[C@H](C)[C@@H](OC)[C@]1(C)O. The number of carbonyl (C=O) groups is 1. The minimum atomic E-state index is -1.54. The molecular formula is C40H76N2O12. The molecule has 0 aliphatic carbocycles. The van der Waals surface area contributed by atoms with Crippen molar-refractivity contribution in [3.8, 4) is 0 Å². The molecule has 3 aliphatic rings. The van der Waals surface area contributed by atoms with Crippen molar-refractivity contribution in [3.63, 3.8) is 0 Å². The Kier molecular flexibility index (Phi) is 16.8. The van der Waals surface area contributed by atoms with Gasteiger partial charge in [-0.2, -0.15) is 0 Å². The second-order valence-corrected chi connectivity index (χ2v) is 17.5. The van der Waals surface area contributed by atoms with Crippen molar-refractivity contribution < 1.29 is 58.0 Å². The van der Waals surface area contributed by atoms with E-state index in [4.69, 9.17) is 37.9 Å².